The third kappa shape index (κ3) is 4.20. The molecule has 0 aliphatic heterocycles. The van der Waals surface area contributed by atoms with E-state index in [4.69, 9.17) is 9.47 Å². The second-order valence-electron chi connectivity index (χ2n) is 4.68. The fourth-order valence-electron chi connectivity index (χ4n) is 1.97. The van der Waals surface area contributed by atoms with Gasteiger partial charge >= 0.3 is 0 Å². The van der Waals surface area contributed by atoms with Gasteiger partial charge in [-0.25, -0.2) is 4.39 Å². The van der Waals surface area contributed by atoms with E-state index in [-0.39, 0.29) is 11.6 Å². The van der Waals surface area contributed by atoms with Crippen LogP contribution in [0, 0.1) is 5.82 Å². The maximum atomic E-state index is 14.0. The van der Waals surface area contributed by atoms with Gasteiger partial charge in [-0.2, -0.15) is 0 Å². The molecule has 0 fully saturated rings. The van der Waals surface area contributed by atoms with E-state index in [9.17, 15) is 4.39 Å². The van der Waals surface area contributed by atoms with Gasteiger partial charge in [-0.15, -0.1) is 0 Å². The third-order valence-corrected chi connectivity index (χ3v) is 3.07. The molecule has 4 heteroatoms. The van der Waals surface area contributed by atoms with Gasteiger partial charge in [0, 0.05) is 12.1 Å². The highest BCUT2D eigenvalue weighted by Crippen LogP contribution is 2.29. The first kappa shape index (κ1) is 15.3. The number of nitrogens with one attached hydrogen (secondary N) is 1. The Bertz CT molecular complexity index is 570. The zero-order valence-corrected chi connectivity index (χ0v) is 12.4. The molecule has 21 heavy (non-hydrogen) atoms. The molecule has 2 aromatic carbocycles. The van der Waals surface area contributed by atoms with Crippen molar-refractivity contribution in [3.05, 3.63) is 53.8 Å². The number of hydrogen-bond donors (Lipinski definition) is 1. The number of methoxy groups -OCH3 is 1. The first-order chi connectivity index (χ1) is 10.2. The summed E-state index contributed by atoms with van der Waals surface area (Å²) in [5.74, 6) is 1.23. The lowest BCUT2D eigenvalue weighted by molar-refractivity contribution is 0.410. The minimum absolute atomic E-state index is 0.270. The maximum Gasteiger partial charge on any atom is 0.167 e. The third-order valence-electron chi connectivity index (χ3n) is 3.07. The number of halogens is 1. The second kappa shape index (κ2) is 7.64. The molecular weight excluding hydrogens is 269 g/mol. The summed E-state index contributed by atoms with van der Waals surface area (Å²) in [6, 6.07) is 12.0. The fourth-order valence-corrected chi connectivity index (χ4v) is 1.97. The van der Waals surface area contributed by atoms with Crippen LogP contribution in [0.25, 0.3) is 0 Å². The lowest BCUT2D eigenvalue weighted by Gasteiger charge is -2.13. The van der Waals surface area contributed by atoms with Crippen molar-refractivity contribution in [1.29, 1.82) is 0 Å². The van der Waals surface area contributed by atoms with E-state index in [0.717, 1.165) is 24.3 Å². The predicted octanol–water partition coefficient (Wildman–Crippen LogP) is 4.13. The van der Waals surface area contributed by atoms with E-state index in [1.807, 2.05) is 6.07 Å². The van der Waals surface area contributed by atoms with Crippen LogP contribution in [0.2, 0.25) is 0 Å². The molecule has 3 nitrogen and oxygen atoms in total. The summed E-state index contributed by atoms with van der Waals surface area (Å²) in [6.45, 7) is 3.56. The molecule has 1 N–H and O–H groups in total. The summed E-state index contributed by atoms with van der Waals surface area (Å²) in [6.07, 6.45) is 1.03. The highest BCUT2D eigenvalue weighted by atomic mass is 19.1. The Labute approximate surface area is 124 Å². The van der Waals surface area contributed by atoms with Gasteiger partial charge < -0.3 is 14.8 Å². The van der Waals surface area contributed by atoms with Crippen LogP contribution in [0.4, 0.5) is 4.39 Å². The highest BCUT2D eigenvalue weighted by Gasteiger charge is 2.10. The molecule has 0 atom stereocenters. The maximum absolute atomic E-state index is 14.0. The van der Waals surface area contributed by atoms with Crippen LogP contribution in [-0.2, 0) is 6.54 Å². The van der Waals surface area contributed by atoms with Crippen molar-refractivity contribution in [2.24, 2.45) is 0 Å². The average Bonchev–Trinajstić information content (AvgIpc) is 2.51. The standard InChI is InChI=1S/C17H20FNO2/c1-3-11-19-12-13-5-4-6-16(18)17(13)21-15-9-7-14(20-2)8-10-15/h4-10,19H,3,11-12H2,1-2H3. The van der Waals surface area contributed by atoms with Gasteiger partial charge in [0.05, 0.1) is 7.11 Å². The molecule has 0 amide bonds. The number of para-hydroxylation sites is 1. The summed E-state index contributed by atoms with van der Waals surface area (Å²) in [7, 11) is 1.60. The smallest absolute Gasteiger partial charge is 0.167 e. The zero-order valence-electron chi connectivity index (χ0n) is 12.4. The van der Waals surface area contributed by atoms with Crippen molar-refractivity contribution in [2.75, 3.05) is 13.7 Å². The van der Waals surface area contributed by atoms with Crippen molar-refractivity contribution in [2.45, 2.75) is 19.9 Å². The van der Waals surface area contributed by atoms with Gasteiger partial charge in [0.2, 0.25) is 0 Å². The lowest BCUT2D eigenvalue weighted by atomic mass is 10.2. The Kier molecular flexibility index (Phi) is 5.58. The van der Waals surface area contributed by atoms with Gasteiger partial charge in [-0.3, -0.25) is 0 Å². The van der Waals surface area contributed by atoms with Crippen molar-refractivity contribution < 1.29 is 13.9 Å². The monoisotopic (exact) mass is 289 g/mol. The number of rotatable bonds is 7. The highest BCUT2D eigenvalue weighted by molar-refractivity contribution is 5.40. The number of ether oxygens (including phenoxy) is 2. The van der Waals surface area contributed by atoms with Gasteiger partial charge in [-0.1, -0.05) is 19.1 Å². The van der Waals surface area contributed by atoms with E-state index in [0.29, 0.717) is 12.3 Å². The molecule has 112 valence electrons. The van der Waals surface area contributed by atoms with E-state index in [2.05, 4.69) is 12.2 Å². The van der Waals surface area contributed by atoms with E-state index in [1.165, 1.54) is 6.07 Å². The topological polar surface area (TPSA) is 30.5 Å². The normalized spacial score (nSPS) is 10.4. The van der Waals surface area contributed by atoms with Gasteiger partial charge in [0.1, 0.15) is 11.5 Å². The summed E-state index contributed by atoms with van der Waals surface area (Å²) in [4.78, 5) is 0. The van der Waals surface area contributed by atoms with E-state index < -0.39 is 0 Å². The lowest BCUT2D eigenvalue weighted by Crippen LogP contribution is -2.14. The fraction of sp³-hybridized carbons (Fsp3) is 0.294. The second-order valence-corrected chi connectivity index (χ2v) is 4.68. The number of hydrogen-bond acceptors (Lipinski definition) is 3. The van der Waals surface area contributed by atoms with Crippen LogP contribution >= 0.6 is 0 Å². The van der Waals surface area contributed by atoms with Crippen LogP contribution in [0.5, 0.6) is 17.2 Å². The zero-order chi connectivity index (χ0) is 15.1. The molecule has 0 saturated heterocycles. The molecule has 0 radical (unpaired) electrons. The molecule has 0 aliphatic carbocycles. The molecule has 0 spiro atoms. The van der Waals surface area contributed by atoms with Gasteiger partial charge in [-0.05, 0) is 43.3 Å². The molecule has 0 saturated carbocycles. The molecule has 0 aliphatic rings. The minimum atomic E-state index is -0.360. The summed E-state index contributed by atoms with van der Waals surface area (Å²) >= 11 is 0. The number of benzene rings is 2. The van der Waals surface area contributed by atoms with Crippen LogP contribution in [0.3, 0.4) is 0 Å². The van der Waals surface area contributed by atoms with Crippen molar-refractivity contribution in [3.8, 4) is 17.2 Å². The Morgan fingerprint density at radius 2 is 1.76 bits per heavy atom. The van der Waals surface area contributed by atoms with Gasteiger partial charge in [0.15, 0.2) is 11.6 Å². The van der Waals surface area contributed by atoms with Crippen molar-refractivity contribution in [3.63, 3.8) is 0 Å². The molecule has 2 rings (SSSR count). The molecule has 0 bridgehead atoms. The Morgan fingerprint density at radius 3 is 2.43 bits per heavy atom. The van der Waals surface area contributed by atoms with E-state index in [1.54, 1.807) is 37.4 Å². The Hall–Kier alpha value is -2.07. The summed E-state index contributed by atoms with van der Waals surface area (Å²) in [5, 5.41) is 3.26. The van der Waals surface area contributed by atoms with Gasteiger partial charge in [0.25, 0.3) is 0 Å². The summed E-state index contributed by atoms with van der Waals surface area (Å²) < 4.78 is 24.8. The summed E-state index contributed by atoms with van der Waals surface area (Å²) in [5.41, 5.74) is 0.805. The van der Waals surface area contributed by atoms with E-state index >= 15 is 0 Å². The first-order valence-electron chi connectivity index (χ1n) is 7.04. The van der Waals surface area contributed by atoms with Crippen LogP contribution in [0.15, 0.2) is 42.5 Å². The molecule has 0 heterocycles. The van der Waals surface area contributed by atoms with Crippen LogP contribution < -0.4 is 14.8 Å². The average molecular weight is 289 g/mol. The quantitative estimate of drug-likeness (QED) is 0.778. The first-order valence-corrected chi connectivity index (χ1v) is 7.04. The van der Waals surface area contributed by atoms with Crippen molar-refractivity contribution in [1.82, 2.24) is 5.32 Å². The molecular formula is C17H20FNO2. The Morgan fingerprint density at radius 1 is 1.05 bits per heavy atom. The largest absolute Gasteiger partial charge is 0.497 e. The molecule has 2 aromatic rings. The molecule has 0 aromatic heterocycles. The Balaban J connectivity index is 2.16. The molecule has 0 unspecified atom stereocenters. The predicted molar refractivity (Wildman–Crippen MR) is 81.5 cm³/mol. The van der Waals surface area contributed by atoms with Crippen molar-refractivity contribution >= 4 is 0 Å². The van der Waals surface area contributed by atoms with Crippen LogP contribution in [-0.4, -0.2) is 13.7 Å². The SMILES string of the molecule is CCCNCc1cccc(F)c1Oc1ccc(OC)cc1. The minimum Gasteiger partial charge on any atom is -0.497 e. The van der Waals surface area contributed by atoms with Crippen LogP contribution in [0.1, 0.15) is 18.9 Å².